The fourth-order valence-corrected chi connectivity index (χ4v) is 4.22. The van der Waals surface area contributed by atoms with Gasteiger partial charge in [0.1, 0.15) is 5.75 Å². The fraction of sp³-hybridized carbons (Fsp3) is 0.565. The smallest absolute Gasteiger partial charge is 0.253 e. The van der Waals surface area contributed by atoms with Gasteiger partial charge in [0.05, 0.1) is 13.2 Å². The lowest BCUT2D eigenvalue weighted by Crippen LogP contribution is -2.47. The Bertz CT molecular complexity index is 906. The number of pyridine rings is 1. The predicted octanol–water partition coefficient (Wildman–Crippen LogP) is 3.50. The maximum Gasteiger partial charge on any atom is 0.253 e. The summed E-state index contributed by atoms with van der Waals surface area (Å²) in [6.07, 6.45) is 6.15. The van der Waals surface area contributed by atoms with Gasteiger partial charge in [-0.2, -0.15) is 0 Å². The lowest BCUT2D eigenvalue weighted by Gasteiger charge is -2.31. The molecule has 1 aliphatic rings. The Morgan fingerprint density at radius 3 is 2.67 bits per heavy atom. The summed E-state index contributed by atoms with van der Waals surface area (Å²) in [4.78, 5) is 20.0. The molecule has 3 rings (SSSR count). The minimum absolute atomic E-state index is 0.0676. The standard InChI is InChI=1S/C23H34N4O2S/c1-4-29-20-10-11-21-17(15-20)14-18(22(28)25-21)16-27(13-12-26(2)3)23(30)24-19-8-6-5-7-9-19/h10-11,14-15,19H,4-9,12-13,16H2,1-3H3,(H,24,30)(H,25,28). The van der Waals surface area contributed by atoms with Gasteiger partial charge in [-0.05, 0) is 70.3 Å². The van der Waals surface area contributed by atoms with Gasteiger partial charge in [0, 0.05) is 35.6 Å². The van der Waals surface area contributed by atoms with E-state index < -0.39 is 0 Å². The largest absolute Gasteiger partial charge is 0.494 e. The molecule has 1 heterocycles. The van der Waals surface area contributed by atoms with E-state index in [9.17, 15) is 4.79 Å². The van der Waals surface area contributed by atoms with Crippen LogP contribution in [0.2, 0.25) is 0 Å². The van der Waals surface area contributed by atoms with Crippen molar-refractivity contribution in [3.8, 4) is 5.75 Å². The number of H-pyrrole nitrogens is 1. The number of thiocarbonyl (C=S) groups is 1. The summed E-state index contributed by atoms with van der Waals surface area (Å²) in [5, 5.41) is 5.26. The average molecular weight is 431 g/mol. The van der Waals surface area contributed by atoms with E-state index in [0.29, 0.717) is 24.8 Å². The summed E-state index contributed by atoms with van der Waals surface area (Å²) < 4.78 is 5.61. The van der Waals surface area contributed by atoms with Gasteiger partial charge in [0.2, 0.25) is 0 Å². The second-order valence-corrected chi connectivity index (χ2v) is 8.70. The third kappa shape index (κ3) is 6.19. The van der Waals surface area contributed by atoms with Crippen LogP contribution in [-0.2, 0) is 6.54 Å². The molecular formula is C23H34N4O2S. The van der Waals surface area contributed by atoms with Gasteiger partial charge in [-0.1, -0.05) is 19.3 Å². The van der Waals surface area contributed by atoms with Crippen LogP contribution in [0.5, 0.6) is 5.75 Å². The highest BCUT2D eigenvalue weighted by molar-refractivity contribution is 7.80. The molecule has 7 heteroatoms. The van der Waals surface area contributed by atoms with Crippen molar-refractivity contribution >= 4 is 28.2 Å². The Balaban J connectivity index is 1.80. The maximum absolute atomic E-state index is 12.7. The van der Waals surface area contributed by atoms with E-state index in [1.165, 1.54) is 32.1 Å². The summed E-state index contributed by atoms with van der Waals surface area (Å²) in [6, 6.07) is 8.15. The number of aromatic nitrogens is 1. The molecule has 2 N–H and O–H groups in total. The Morgan fingerprint density at radius 1 is 1.20 bits per heavy atom. The molecule has 0 amide bonds. The van der Waals surface area contributed by atoms with Gasteiger partial charge < -0.3 is 24.8 Å². The molecule has 1 fully saturated rings. The Hall–Kier alpha value is -2.12. The Labute approximate surface area is 184 Å². The van der Waals surface area contributed by atoms with Crippen molar-refractivity contribution in [3.63, 3.8) is 0 Å². The van der Waals surface area contributed by atoms with Crippen LogP contribution in [-0.4, -0.2) is 59.7 Å². The van der Waals surface area contributed by atoms with Crippen LogP contribution in [0.25, 0.3) is 10.9 Å². The molecule has 0 radical (unpaired) electrons. The first-order valence-corrected chi connectivity index (χ1v) is 11.4. The Kier molecular flexibility index (Phi) is 8.10. The third-order valence-corrected chi connectivity index (χ3v) is 5.98. The number of rotatable bonds is 8. The average Bonchev–Trinajstić information content (AvgIpc) is 2.72. The molecule has 1 aromatic heterocycles. The van der Waals surface area contributed by atoms with Gasteiger partial charge >= 0.3 is 0 Å². The molecule has 0 saturated heterocycles. The maximum atomic E-state index is 12.7. The second-order valence-electron chi connectivity index (χ2n) is 8.32. The molecule has 0 bridgehead atoms. The van der Waals surface area contributed by atoms with Crippen molar-refractivity contribution in [2.75, 3.05) is 33.8 Å². The van der Waals surface area contributed by atoms with E-state index in [4.69, 9.17) is 17.0 Å². The first-order chi connectivity index (χ1) is 14.5. The van der Waals surface area contributed by atoms with E-state index in [0.717, 1.165) is 34.9 Å². The number of nitrogens with one attached hydrogen (secondary N) is 2. The van der Waals surface area contributed by atoms with Gasteiger partial charge in [-0.25, -0.2) is 0 Å². The SMILES string of the molecule is CCOc1ccc2[nH]c(=O)c(CN(CCN(C)C)C(=S)NC3CCCCC3)cc2c1. The van der Waals surface area contributed by atoms with Crippen LogP contribution < -0.4 is 15.6 Å². The molecule has 164 valence electrons. The number of nitrogens with zero attached hydrogens (tertiary/aromatic N) is 2. The number of likely N-dealkylation sites (N-methyl/N-ethyl adjacent to an activating group) is 1. The number of benzene rings is 1. The summed E-state index contributed by atoms with van der Waals surface area (Å²) in [6.45, 7) is 4.69. The molecule has 30 heavy (non-hydrogen) atoms. The number of fused-ring (bicyclic) bond motifs is 1. The molecule has 6 nitrogen and oxygen atoms in total. The topological polar surface area (TPSA) is 60.6 Å². The van der Waals surface area contributed by atoms with Crippen LogP contribution in [0.1, 0.15) is 44.6 Å². The highest BCUT2D eigenvalue weighted by Gasteiger charge is 2.19. The molecule has 0 spiro atoms. The van der Waals surface area contributed by atoms with Crippen molar-refractivity contribution in [2.24, 2.45) is 0 Å². The van der Waals surface area contributed by atoms with Gasteiger partial charge in [0.25, 0.3) is 5.56 Å². The van der Waals surface area contributed by atoms with Crippen LogP contribution in [0.3, 0.4) is 0 Å². The number of hydrogen-bond donors (Lipinski definition) is 2. The zero-order valence-electron chi connectivity index (χ0n) is 18.4. The zero-order chi connectivity index (χ0) is 21.5. The van der Waals surface area contributed by atoms with E-state index in [2.05, 4.69) is 20.1 Å². The van der Waals surface area contributed by atoms with Gasteiger partial charge in [0.15, 0.2) is 5.11 Å². The van der Waals surface area contributed by atoms with Crippen LogP contribution in [0, 0.1) is 0 Å². The van der Waals surface area contributed by atoms with Crippen LogP contribution >= 0.6 is 12.2 Å². The summed E-state index contributed by atoms with van der Waals surface area (Å²) in [7, 11) is 4.10. The second kappa shape index (κ2) is 10.8. The molecule has 0 atom stereocenters. The van der Waals surface area contributed by atoms with Gasteiger partial charge in [-0.3, -0.25) is 4.79 Å². The minimum atomic E-state index is -0.0676. The third-order valence-electron chi connectivity index (χ3n) is 5.60. The normalized spacial score (nSPS) is 14.8. The highest BCUT2D eigenvalue weighted by atomic mass is 32.1. The molecular weight excluding hydrogens is 396 g/mol. The molecule has 1 aromatic carbocycles. The fourth-order valence-electron chi connectivity index (χ4n) is 3.90. The molecule has 2 aromatic rings. The number of hydrogen-bond acceptors (Lipinski definition) is 4. The van der Waals surface area contributed by atoms with Crippen LogP contribution in [0.15, 0.2) is 29.1 Å². The van der Waals surface area contributed by atoms with Gasteiger partial charge in [-0.15, -0.1) is 0 Å². The lowest BCUT2D eigenvalue weighted by molar-refractivity contribution is 0.313. The molecule has 0 unspecified atom stereocenters. The molecule has 1 aliphatic carbocycles. The highest BCUT2D eigenvalue weighted by Crippen LogP contribution is 2.20. The summed E-state index contributed by atoms with van der Waals surface area (Å²) in [5.41, 5.74) is 1.46. The van der Waals surface area contributed by atoms with E-state index in [-0.39, 0.29) is 5.56 Å². The van der Waals surface area contributed by atoms with Crippen molar-refractivity contribution in [1.29, 1.82) is 0 Å². The summed E-state index contributed by atoms with van der Waals surface area (Å²) >= 11 is 5.77. The van der Waals surface area contributed by atoms with Crippen molar-refractivity contribution in [1.82, 2.24) is 20.1 Å². The first-order valence-electron chi connectivity index (χ1n) is 10.9. The van der Waals surface area contributed by atoms with Crippen molar-refractivity contribution in [3.05, 3.63) is 40.2 Å². The van der Waals surface area contributed by atoms with Crippen molar-refractivity contribution in [2.45, 2.75) is 51.6 Å². The Morgan fingerprint density at radius 2 is 1.97 bits per heavy atom. The number of aromatic amines is 1. The van der Waals surface area contributed by atoms with E-state index in [1.807, 2.05) is 45.3 Å². The quantitative estimate of drug-likeness (QED) is 0.625. The number of ether oxygens (including phenoxy) is 1. The lowest BCUT2D eigenvalue weighted by atomic mass is 9.96. The minimum Gasteiger partial charge on any atom is -0.494 e. The molecule has 1 saturated carbocycles. The predicted molar refractivity (Wildman–Crippen MR) is 127 cm³/mol. The zero-order valence-corrected chi connectivity index (χ0v) is 19.2. The van der Waals surface area contributed by atoms with Crippen LogP contribution in [0.4, 0.5) is 0 Å². The van der Waals surface area contributed by atoms with E-state index >= 15 is 0 Å². The first kappa shape index (κ1) is 22.6. The van der Waals surface area contributed by atoms with E-state index in [1.54, 1.807) is 0 Å². The monoisotopic (exact) mass is 430 g/mol. The summed E-state index contributed by atoms with van der Waals surface area (Å²) in [5.74, 6) is 0.807. The molecule has 0 aliphatic heterocycles. The van der Waals surface area contributed by atoms with Crippen molar-refractivity contribution < 1.29 is 4.74 Å².